The molecule has 4 aromatic rings. The number of ether oxygens (including phenoxy) is 2. The van der Waals surface area contributed by atoms with Crippen LogP contribution in [0.25, 0.3) is 16.9 Å². The number of aryl methyl sites for hydroxylation is 1. The summed E-state index contributed by atoms with van der Waals surface area (Å²) in [4.78, 5) is 35.0. The number of hydrogen-bond acceptors (Lipinski definition) is 6. The normalized spacial score (nSPS) is 10.8. The van der Waals surface area contributed by atoms with Crippen LogP contribution in [0, 0.1) is 6.92 Å². The third-order valence-electron chi connectivity index (χ3n) is 6.41. The summed E-state index contributed by atoms with van der Waals surface area (Å²) in [6.07, 6.45) is 1.88. The van der Waals surface area contributed by atoms with Gasteiger partial charge in [0.2, 0.25) is 11.9 Å². The van der Waals surface area contributed by atoms with Crippen LogP contribution >= 0.6 is 0 Å². The molecule has 9 nitrogen and oxygen atoms in total. The van der Waals surface area contributed by atoms with Crippen molar-refractivity contribution in [2.24, 2.45) is 0 Å². The maximum Gasteiger partial charge on any atom is 0.254 e. The first-order chi connectivity index (χ1) is 19.3. The number of nitrogens with zero attached hydrogens (tertiary/aromatic N) is 4. The Balaban J connectivity index is 1.61. The topological polar surface area (TPSA) is 88.9 Å². The van der Waals surface area contributed by atoms with Gasteiger partial charge in [-0.25, -0.2) is 4.98 Å². The smallest absolute Gasteiger partial charge is 0.254 e. The van der Waals surface area contributed by atoms with Crippen molar-refractivity contribution >= 4 is 17.8 Å². The van der Waals surface area contributed by atoms with Gasteiger partial charge in [0.05, 0.1) is 19.9 Å². The second-order valence-electron chi connectivity index (χ2n) is 9.69. The Hall–Kier alpha value is -4.63. The Labute approximate surface area is 235 Å². The van der Waals surface area contributed by atoms with Crippen LogP contribution in [0.15, 0.2) is 79.0 Å². The van der Waals surface area contributed by atoms with E-state index in [9.17, 15) is 9.59 Å². The molecule has 9 heteroatoms. The summed E-state index contributed by atoms with van der Waals surface area (Å²) in [6, 6.07) is 22.5. The molecule has 208 valence electrons. The summed E-state index contributed by atoms with van der Waals surface area (Å²) in [6.45, 7) is 2.86. The van der Waals surface area contributed by atoms with Crippen molar-refractivity contribution < 1.29 is 19.1 Å². The van der Waals surface area contributed by atoms with E-state index in [1.165, 1.54) is 4.90 Å². The van der Waals surface area contributed by atoms with Crippen molar-refractivity contribution in [2.45, 2.75) is 6.92 Å². The summed E-state index contributed by atoms with van der Waals surface area (Å²) in [7, 11) is 7.02. The SMILES string of the molecule is COc1ccc(-c2cn(-c3ccc(C)cc3)c(NC(=O)CN(CCN(C)C)C(=O)c3cccc(OC)c3)n2)cc1. The average Bonchev–Trinajstić information content (AvgIpc) is 3.38. The Morgan fingerprint density at radius 2 is 1.60 bits per heavy atom. The first-order valence-corrected chi connectivity index (χ1v) is 13.0. The van der Waals surface area contributed by atoms with Crippen LogP contribution in [-0.4, -0.2) is 79.1 Å². The number of benzene rings is 3. The number of methoxy groups -OCH3 is 2. The summed E-state index contributed by atoms with van der Waals surface area (Å²) in [5.41, 5.74) is 4.00. The van der Waals surface area contributed by atoms with Gasteiger partial charge in [-0.15, -0.1) is 0 Å². The zero-order chi connectivity index (χ0) is 28.6. The van der Waals surface area contributed by atoms with E-state index in [4.69, 9.17) is 14.5 Å². The van der Waals surface area contributed by atoms with Gasteiger partial charge < -0.3 is 19.3 Å². The predicted molar refractivity (Wildman–Crippen MR) is 156 cm³/mol. The predicted octanol–water partition coefficient (Wildman–Crippen LogP) is 4.51. The largest absolute Gasteiger partial charge is 0.497 e. The fourth-order valence-electron chi connectivity index (χ4n) is 4.12. The molecule has 0 unspecified atom stereocenters. The van der Waals surface area contributed by atoms with Gasteiger partial charge in [0, 0.05) is 36.1 Å². The lowest BCUT2D eigenvalue weighted by Gasteiger charge is -2.24. The van der Waals surface area contributed by atoms with E-state index < -0.39 is 0 Å². The number of nitrogens with one attached hydrogen (secondary N) is 1. The molecule has 0 saturated carbocycles. The number of anilines is 1. The Morgan fingerprint density at radius 1 is 0.900 bits per heavy atom. The zero-order valence-electron chi connectivity index (χ0n) is 23.5. The van der Waals surface area contributed by atoms with Crippen LogP contribution in [0.2, 0.25) is 0 Å². The molecule has 0 bridgehead atoms. The van der Waals surface area contributed by atoms with Gasteiger partial charge in [-0.05, 0) is 75.6 Å². The molecule has 1 N–H and O–H groups in total. The van der Waals surface area contributed by atoms with Crippen molar-refractivity contribution in [3.8, 4) is 28.4 Å². The number of aromatic nitrogens is 2. The summed E-state index contributed by atoms with van der Waals surface area (Å²) < 4.78 is 12.4. The summed E-state index contributed by atoms with van der Waals surface area (Å²) in [5.74, 6) is 1.08. The van der Waals surface area contributed by atoms with E-state index in [0.717, 1.165) is 22.6 Å². The molecule has 0 fully saturated rings. The molecule has 0 radical (unpaired) electrons. The van der Waals surface area contributed by atoms with Crippen molar-refractivity contribution in [3.05, 3.63) is 90.1 Å². The van der Waals surface area contributed by atoms with Gasteiger partial charge in [-0.2, -0.15) is 0 Å². The van der Waals surface area contributed by atoms with E-state index in [2.05, 4.69) is 5.32 Å². The number of carbonyl (C=O) groups is 2. The molecule has 0 aliphatic heterocycles. The fourth-order valence-corrected chi connectivity index (χ4v) is 4.12. The molecule has 0 aliphatic carbocycles. The van der Waals surface area contributed by atoms with Crippen molar-refractivity contribution in [2.75, 3.05) is 53.3 Å². The van der Waals surface area contributed by atoms with E-state index in [-0.39, 0.29) is 18.4 Å². The first-order valence-electron chi connectivity index (χ1n) is 13.0. The van der Waals surface area contributed by atoms with Gasteiger partial charge >= 0.3 is 0 Å². The number of amides is 2. The van der Waals surface area contributed by atoms with E-state index >= 15 is 0 Å². The molecular weight excluding hydrogens is 506 g/mol. The number of likely N-dealkylation sites (N-methyl/N-ethyl adjacent to an activating group) is 1. The minimum atomic E-state index is -0.352. The summed E-state index contributed by atoms with van der Waals surface area (Å²) in [5, 5.41) is 2.94. The van der Waals surface area contributed by atoms with Gasteiger partial charge in [-0.3, -0.25) is 19.5 Å². The summed E-state index contributed by atoms with van der Waals surface area (Å²) >= 11 is 0. The maximum absolute atomic E-state index is 13.4. The standard InChI is InChI=1S/C31H35N5O4/c1-22-9-13-25(14-10-22)36-20-28(23-11-15-26(39-4)16-12-23)32-31(36)33-29(37)21-35(18-17-34(2)3)30(38)24-7-6-8-27(19-24)40-5/h6-16,19-20H,17-18,21H2,1-5H3,(H,32,33,37). The number of imidazole rings is 1. The van der Waals surface area contributed by atoms with Crippen molar-refractivity contribution in [3.63, 3.8) is 0 Å². The molecule has 0 atom stereocenters. The first kappa shape index (κ1) is 28.4. The maximum atomic E-state index is 13.4. The highest BCUT2D eigenvalue weighted by molar-refractivity contribution is 5.99. The van der Waals surface area contributed by atoms with Crippen molar-refractivity contribution in [1.82, 2.24) is 19.4 Å². The highest BCUT2D eigenvalue weighted by Crippen LogP contribution is 2.26. The molecule has 2 amide bonds. The van der Waals surface area contributed by atoms with Gasteiger partial charge in [0.1, 0.15) is 18.0 Å². The molecule has 40 heavy (non-hydrogen) atoms. The molecule has 1 aromatic heterocycles. The Bertz CT molecular complexity index is 1450. The number of rotatable bonds is 11. The Morgan fingerprint density at radius 3 is 2.25 bits per heavy atom. The van der Waals surface area contributed by atoms with Crippen LogP contribution in [0.5, 0.6) is 11.5 Å². The molecular formula is C31H35N5O4. The molecule has 0 spiro atoms. The monoisotopic (exact) mass is 541 g/mol. The lowest BCUT2D eigenvalue weighted by molar-refractivity contribution is -0.117. The molecule has 0 saturated heterocycles. The van der Waals surface area contributed by atoms with Crippen LogP contribution in [0.1, 0.15) is 15.9 Å². The van der Waals surface area contributed by atoms with Crippen LogP contribution < -0.4 is 14.8 Å². The lowest BCUT2D eigenvalue weighted by Crippen LogP contribution is -2.41. The number of hydrogen-bond donors (Lipinski definition) is 1. The molecule has 0 aliphatic rings. The van der Waals surface area contributed by atoms with Crippen molar-refractivity contribution in [1.29, 1.82) is 0 Å². The fraction of sp³-hybridized carbons (Fsp3) is 0.258. The van der Waals surface area contributed by atoms with Crippen LogP contribution in [0.3, 0.4) is 0 Å². The molecule has 3 aromatic carbocycles. The van der Waals surface area contributed by atoms with E-state index in [1.807, 2.05) is 85.2 Å². The Kier molecular flexibility index (Phi) is 9.19. The van der Waals surface area contributed by atoms with Gasteiger partial charge in [0.15, 0.2) is 0 Å². The van der Waals surface area contributed by atoms with E-state index in [0.29, 0.717) is 36.0 Å². The zero-order valence-corrected chi connectivity index (χ0v) is 23.5. The average molecular weight is 542 g/mol. The second kappa shape index (κ2) is 12.9. The lowest BCUT2D eigenvalue weighted by atomic mass is 10.1. The molecule has 1 heterocycles. The minimum Gasteiger partial charge on any atom is -0.497 e. The minimum absolute atomic E-state index is 0.136. The van der Waals surface area contributed by atoms with Crippen LogP contribution in [0.4, 0.5) is 5.95 Å². The third-order valence-corrected chi connectivity index (χ3v) is 6.41. The third kappa shape index (κ3) is 7.06. The quantitative estimate of drug-likeness (QED) is 0.301. The highest BCUT2D eigenvalue weighted by atomic mass is 16.5. The van der Waals surface area contributed by atoms with Crippen LogP contribution in [-0.2, 0) is 4.79 Å². The van der Waals surface area contributed by atoms with Gasteiger partial charge in [-0.1, -0.05) is 23.8 Å². The van der Waals surface area contributed by atoms with E-state index in [1.54, 1.807) is 38.5 Å². The second-order valence-corrected chi connectivity index (χ2v) is 9.69. The number of carbonyl (C=O) groups excluding carboxylic acids is 2. The molecule has 4 rings (SSSR count). The highest BCUT2D eigenvalue weighted by Gasteiger charge is 2.21. The van der Waals surface area contributed by atoms with Gasteiger partial charge in [0.25, 0.3) is 5.91 Å².